The topological polar surface area (TPSA) is 97.4 Å². The summed E-state index contributed by atoms with van der Waals surface area (Å²) in [5, 5.41) is -0.715. The van der Waals surface area contributed by atoms with Gasteiger partial charge in [-0.2, -0.15) is 0 Å². The van der Waals surface area contributed by atoms with Crippen LogP contribution in [0.2, 0.25) is 0 Å². The zero-order valence-corrected chi connectivity index (χ0v) is 18.3. The van der Waals surface area contributed by atoms with Crippen molar-refractivity contribution in [2.75, 3.05) is 6.61 Å². The molecular formula is C21H23FO8S. The van der Waals surface area contributed by atoms with E-state index in [1.807, 2.05) is 0 Å². The van der Waals surface area contributed by atoms with Gasteiger partial charge in [0.15, 0.2) is 18.0 Å². The maximum atomic E-state index is 13.4. The van der Waals surface area contributed by atoms with Crippen molar-refractivity contribution in [2.24, 2.45) is 0 Å². The summed E-state index contributed by atoms with van der Waals surface area (Å²) in [4.78, 5) is 36.2. The van der Waals surface area contributed by atoms with E-state index in [0.717, 1.165) is 11.8 Å². The molecule has 10 heteroatoms. The lowest BCUT2D eigenvalue weighted by atomic mass is 10.0. The number of rotatable bonds is 5. The minimum Gasteiger partial charge on any atom is -0.462 e. The predicted molar refractivity (Wildman–Crippen MR) is 108 cm³/mol. The van der Waals surface area contributed by atoms with Gasteiger partial charge in [0, 0.05) is 19.4 Å². The molecule has 2 aliphatic rings. The second-order valence-electron chi connectivity index (χ2n) is 6.94. The Morgan fingerprint density at radius 1 is 1.06 bits per heavy atom. The fraction of sp³-hybridized carbons (Fsp3) is 0.476. The fourth-order valence-corrected chi connectivity index (χ4v) is 4.65. The lowest BCUT2D eigenvalue weighted by molar-refractivity contribution is -0.236. The summed E-state index contributed by atoms with van der Waals surface area (Å²) in [7, 11) is 0. The molecule has 1 aromatic rings. The van der Waals surface area contributed by atoms with E-state index in [-0.39, 0.29) is 17.3 Å². The maximum absolute atomic E-state index is 13.4. The molecule has 0 bridgehead atoms. The van der Waals surface area contributed by atoms with Crippen LogP contribution in [0.25, 0.3) is 5.76 Å². The molecular weight excluding hydrogens is 431 g/mol. The predicted octanol–water partition coefficient (Wildman–Crippen LogP) is 2.80. The molecule has 168 valence electrons. The number of carbonyl (C=O) groups excluding carboxylic acids is 3. The molecule has 0 spiro atoms. The van der Waals surface area contributed by atoms with Crippen molar-refractivity contribution in [3.05, 3.63) is 40.6 Å². The summed E-state index contributed by atoms with van der Waals surface area (Å²) >= 11 is 1.05. The van der Waals surface area contributed by atoms with Crippen LogP contribution in [0, 0.1) is 5.82 Å². The third kappa shape index (κ3) is 5.19. The van der Waals surface area contributed by atoms with Gasteiger partial charge in [-0.15, -0.1) is 11.8 Å². The van der Waals surface area contributed by atoms with Crippen LogP contribution >= 0.6 is 11.8 Å². The van der Waals surface area contributed by atoms with Gasteiger partial charge in [0.1, 0.15) is 16.0 Å². The molecule has 8 nitrogen and oxygen atoms in total. The Kier molecular flexibility index (Phi) is 7.22. The first-order valence-corrected chi connectivity index (χ1v) is 10.6. The van der Waals surface area contributed by atoms with Gasteiger partial charge >= 0.3 is 17.9 Å². The number of thioether (sulfide) groups is 1. The van der Waals surface area contributed by atoms with Crippen molar-refractivity contribution in [3.8, 4) is 0 Å². The minimum atomic E-state index is -0.931. The van der Waals surface area contributed by atoms with Gasteiger partial charge in [-0.05, 0) is 38.1 Å². The highest BCUT2D eigenvalue weighted by Crippen LogP contribution is 2.46. The Labute approximate surface area is 183 Å². The quantitative estimate of drug-likeness (QED) is 0.491. The Morgan fingerprint density at radius 3 is 2.26 bits per heavy atom. The summed E-state index contributed by atoms with van der Waals surface area (Å²) in [6.07, 6.45) is -3.41. The van der Waals surface area contributed by atoms with Gasteiger partial charge in [-0.3, -0.25) is 9.59 Å². The van der Waals surface area contributed by atoms with E-state index in [0.29, 0.717) is 5.56 Å². The smallest absolute Gasteiger partial charge is 0.348 e. The molecule has 0 N–H and O–H groups in total. The van der Waals surface area contributed by atoms with Crippen LogP contribution in [-0.2, 0) is 38.1 Å². The molecule has 2 heterocycles. The van der Waals surface area contributed by atoms with Gasteiger partial charge < -0.3 is 23.7 Å². The molecule has 0 aromatic heterocycles. The highest BCUT2D eigenvalue weighted by Gasteiger charge is 2.53. The van der Waals surface area contributed by atoms with Crippen LogP contribution in [0.1, 0.15) is 33.3 Å². The second-order valence-corrected chi connectivity index (χ2v) is 8.13. The normalized spacial score (nSPS) is 27.6. The van der Waals surface area contributed by atoms with E-state index in [1.165, 1.54) is 38.1 Å². The third-order valence-electron chi connectivity index (χ3n) is 4.59. The van der Waals surface area contributed by atoms with Crippen LogP contribution in [0.5, 0.6) is 0 Å². The van der Waals surface area contributed by atoms with Gasteiger partial charge in [0.2, 0.25) is 6.29 Å². The van der Waals surface area contributed by atoms with Crippen molar-refractivity contribution < 1.29 is 42.5 Å². The zero-order chi connectivity index (χ0) is 22.7. The lowest BCUT2D eigenvalue weighted by Crippen LogP contribution is -2.59. The monoisotopic (exact) mass is 454 g/mol. The Morgan fingerprint density at radius 2 is 1.68 bits per heavy atom. The average molecular weight is 454 g/mol. The fourth-order valence-electron chi connectivity index (χ4n) is 3.37. The van der Waals surface area contributed by atoms with Gasteiger partial charge in [-0.1, -0.05) is 0 Å². The van der Waals surface area contributed by atoms with Crippen molar-refractivity contribution in [1.29, 1.82) is 0 Å². The van der Waals surface area contributed by atoms with Crippen molar-refractivity contribution in [3.63, 3.8) is 0 Å². The number of hydrogen-bond donors (Lipinski definition) is 0. The Bertz CT molecular complexity index is 884. The first-order chi connectivity index (χ1) is 14.7. The summed E-state index contributed by atoms with van der Waals surface area (Å²) in [6, 6.07) is 5.44. The highest BCUT2D eigenvalue weighted by molar-refractivity contribution is 8.04. The SMILES string of the molecule is CCOC(=O)C1=C(c2ccc(F)cc2)OC2OC(C)C(OC(C)=O)C(OC(C)=O)C2S1. The van der Waals surface area contributed by atoms with Crippen molar-refractivity contribution >= 4 is 35.4 Å². The van der Waals surface area contributed by atoms with Crippen LogP contribution in [0.4, 0.5) is 4.39 Å². The number of esters is 3. The second kappa shape index (κ2) is 9.69. The average Bonchev–Trinajstić information content (AvgIpc) is 2.70. The summed E-state index contributed by atoms with van der Waals surface area (Å²) in [5.41, 5.74) is 0.456. The number of fused-ring (bicyclic) bond motifs is 1. The van der Waals surface area contributed by atoms with E-state index in [2.05, 4.69) is 0 Å². The Hall–Kier alpha value is -2.59. The molecule has 0 saturated carbocycles. The van der Waals surface area contributed by atoms with Crippen LogP contribution in [0.3, 0.4) is 0 Å². The van der Waals surface area contributed by atoms with Gasteiger partial charge in [0.25, 0.3) is 0 Å². The van der Waals surface area contributed by atoms with Crippen LogP contribution in [-0.4, -0.2) is 54.4 Å². The molecule has 3 rings (SSSR count). The van der Waals surface area contributed by atoms with Crippen LogP contribution in [0.15, 0.2) is 29.2 Å². The molecule has 5 unspecified atom stereocenters. The lowest BCUT2D eigenvalue weighted by Gasteiger charge is -2.46. The largest absolute Gasteiger partial charge is 0.462 e. The standard InChI is InChI=1S/C21H23FO8S/c1-5-26-20(25)18-16(13-6-8-14(22)9-7-13)30-21-19(31-18)17(29-12(4)24)15(10(2)27-21)28-11(3)23/h6-10,15,17,19,21H,5H2,1-4H3. The third-order valence-corrected chi connectivity index (χ3v) is 5.94. The molecule has 2 aliphatic heterocycles. The van der Waals surface area contributed by atoms with Gasteiger partial charge in [-0.25, -0.2) is 9.18 Å². The van der Waals surface area contributed by atoms with Crippen molar-refractivity contribution in [1.82, 2.24) is 0 Å². The maximum Gasteiger partial charge on any atom is 0.348 e. The van der Waals surface area contributed by atoms with E-state index in [4.69, 9.17) is 23.7 Å². The number of halogens is 1. The molecule has 0 radical (unpaired) electrons. The molecule has 1 fully saturated rings. The Balaban J connectivity index is 2.03. The first kappa shape index (κ1) is 23.1. The summed E-state index contributed by atoms with van der Waals surface area (Å²) in [5.74, 6) is -2.06. The molecule has 1 saturated heterocycles. The van der Waals surface area contributed by atoms with E-state index in [9.17, 15) is 18.8 Å². The highest BCUT2D eigenvalue weighted by atomic mass is 32.2. The van der Waals surface area contributed by atoms with Crippen molar-refractivity contribution in [2.45, 2.75) is 57.5 Å². The first-order valence-electron chi connectivity index (χ1n) is 9.71. The van der Waals surface area contributed by atoms with Gasteiger partial charge in [0.05, 0.1) is 12.7 Å². The summed E-state index contributed by atoms with van der Waals surface area (Å²) in [6.45, 7) is 5.93. The number of benzene rings is 1. The molecule has 0 aliphatic carbocycles. The van der Waals surface area contributed by atoms with E-state index in [1.54, 1.807) is 13.8 Å². The summed E-state index contributed by atoms with van der Waals surface area (Å²) < 4.78 is 41.3. The van der Waals surface area contributed by atoms with E-state index >= 15 is 0 Å². The number of carbonyl (C=O) groups is 3. The number of hydrogen-bond acceptors (Lipinski definition) is 9. The number of ether oxygens (including phenoxy) is 5. The van der Waals surface area contributed by atoms with E-state index < -0.39 is 53.6 Å². The molecule has 5 atom stereocenters. The minimum absolute atomic E-state index is 0.117. The molecule has 0 amide bonds. The molecule has 31 heavy (non-hydrogen) atoms. The molecule has 1 aromatic carbocycles. The van der Waals surface area contributed by atoms with Crippen LogP contribution < -0.4 is 0 Å². The zero-order valence-electron chi connectivity index (χ0n) is 17.5.